The van der Waals surface area contributed by atoms with E-state index < -0.39 is 17.6 Å². The van der Waals surface area contributed by atoms with E-state index in [0.29, 0.717) is 12.1 Å². The second-order valence-corrected chi connectivity index (χ2v) is 4.77. The average molecular weight is 261 g/mol. The summed E-state index contributed by atoms with van der Waals surface area (Å²) in [5.74, 6) is -0.984. The van der Waals surface area contributed by atoms with Gasteiger partial charge >= 0.3 is 6.18 Å². The summed E-state index contributed by atoms with van der Waals surface area (Å²) < 4.78 is 51.1. The zero-order valence-corrected chi connectivity index (χ0v) is 9.80. The Hall–Kier alpha value is -1.10. The van der Waals surface area contributed by atoms with Gasteiger partial charge in [0.2, 0.25) is 0 Å². The lowest BCUT2D eigenvalue weighted by Gasteiger charge is -2.19. The summed E-state index contributed by atoms with van der Waals surface area (Å²) >= 11 is 0. The molecule has 18 heavy (non-hydrogen) atoms. The van der Waals surface area contributed by atoms with Crippen molar-refractivity contribution in [2.75, 3.05) is 6.54 Å². The smallest absolute Gasteiger partial charge is 0.330 e. The molecule has 1 saturated carbocycles. The highest BCUT2D eigenvalue weighted by atomic mass is 19.4. The highest BCUT2D eigenvalue weighted by molar-refractivity contribution is 5.30. The van der Waals surface area contributed by atoms with Gasteiger partial charge in [-0.05, 0) is 48.9 Å². The van der Waals surface area contributed by atoms with Crippen molar-refractivity contribution in [1.29, 1.82) is 0 Å². The monoisotopic (exact) mass is 261 g/mol. The summed E-state index contributed by atoms with van der Waals surface area (Å²) in [6.45, 7) is 0.462. The maximum Gasteiger partial charge on any atom is 0.419 e. The Labute approximate surface area is 103 Å². The van der Waals surface area contributed by atoms with Gasteiger partial charge in [0.15, 0.2) is 0 Å². The lowest BCUT2D eigenvalue weighted by molar-refractivity contribution is -0.140. The van der Waals surface area contributed by atoms with Crippen molar-refractivity contribution in [2.24, 2.45) is 11.7 Å². The summed E-state index contributed by atoms with van der Waals surface area (Å²) in [4.78, 5) is 0. The Morgan fingerprint density at radius 1 is 1.22 bits per heavy atom. The van der Waals surface area contributed by atoms with Crippen LogP contribution >= 0.6 is 0 Å². The van der Waals surface area contributed by atoms with Crippen LogP contribution in [0.15, 0.2) is 18.2 Å². The first-order chi connectivity index (χ1) is 8.43. The standard InChI is InChI=1S/C13H15F4N/c14-12-5-4-8(6-11(12)13(15,16)17)10-3-1-2-9(10)7-18/h4-6,9-10H,1-3,7,18H2. The van der Waals surface area contributed by atoms with Crippen molar-refractivity contribution in [2.45, 2.75) is 31.4 Å². The van der Waals surface area contributed by atoms with Crippen molar-refractivity contribution in [3.63, 3.8) is 0 Å². The molecule has 1 nitrogen and oxygen atoms in total. The second kappa shape index (κ2) is 4.88. The predicted octanol–water partition coefficient (Wildman–Crippen LogP) is 3.69. The van der Waals surface area contributed by atoms with E-state index in [1.54, 1.807) is 0 Å². The molecule has 0 aromatic heterocycles. The van der Waals surface area contributed by atoms with E-state index in [1.807, 2.05) is 0 Å². The normalized spacial score (nSPS) is 24.5. The van der Waals surface area contributed by atoms with E-state index in [-0.39, 0.29) is 11.8 Å². The van der Waals surface area contributed by atoms with E-state index in [4.69, 9.17) is 5.73 Å². The maximum absolute atomic E-state index is 13.2. The number of halogens is 4. The SMILES string of the molecule is NCC1CCCC1c1ccc(F)c(C(F)(F)F)c1. The van der Waals surface area contributed by atoms with Gasteiger partial charge in [-0.15, -0.1) is 0 Å². The Bertz CT molecular complexity index is 427. The minimum absolute atomic E-state index is 0.0247. The van der Waals surface area contributed by atoms with Crippen molar-refractivity contribution in [1.82, 2.24) is 0 Å². The number of hydrogen-bond acceptors (Lipinski definition) is 1. The summed E-state index contributed by atoms with van der Waals surface area (Å²) in [6.07, 6.45) is -1.92. The highest BCUT2D eigenvalue weighted by Crippen LogP contribution is 2.41. The van der Waals surface area contributed by atoms with Gasteiger partial charge in [0.1, 0.15) is 5.82 Å². The fourth-order valence-electron chi connectivity index (χ4n) is 2.75. The van der Waals surface area contributed by atoms with Crippen LogP contribution in [-0.4, -0.2) is 6.54 Å². The molecule has 1 aromatic rings. The minimum Gasteiger partial charge on any atom is -0.330 e. The molecule has 1 aliphatic rings. The van der Waals surface area contributed by atoms with Crippen LogP contribution < -0.4 is 5.73 Å². The van der Waals surface area contributed by atoms with Crippen LogP contribution in [-0.2, 0) is 6.18 Å². The number of hydrogen-bond donors (Lipinski definition) is 1. The first-order valence-corrected chi connectivity index (χ1v) is 6.00. The zero-order chi connectivity index (χ0) is 13.3. The Kier molecular flexibility index (Phi) is 3.61. The summed E-state index contributed by atoms with van der Waals surface area (Å²) in [5, 5.41) is 0. The summed E-state index contributed by atoms with van der Waals surface area (Å²) in [7, 11) is 0. The molecule has 0 radical (unpaired) electrons. The Balaban J connectivity index is 2.35. The fraction of sp³-hybridized carbons (Fsp3) is 0.538. The van der Waals surface area contributed by atoms with Gasteiger partial charge < -0.3 is 5.73 Å². The summed E-state index contributed by atoms with van der Waals surface area (Å²) in [5.41, 5.74) is 4.99. The number of benzene rings is 1. The average Bonchev–Trinajstić information content (AvgIpc) is 2.76. The van der Waals surface area contributed by atoms with Gasteiger partial charge in [-0.1, -0.05) is 12.5 Å². The first-order valence-electron chi connectivity index (χ1n) is 6.00. The minimum atomic E-state index is -4.64. The van der Waals surface area contributed by atoms with Crippen molar-refractivity contribution in [3.8, 4) is 0 Å². The molecular weight excluding hydrogens is 246 g/mol. The predicted molar refractivity (Wildman–Crippen MR) is 60.5 cm³/mol. The van der Waals surface area contributed by atoms with Crippen LogP contribution in [0, 0.1) is 11.7 Å². The lowest BCUT2D eigenvalue weighted by atomic mass is 9.88. The molecule has 1 fully saturated rings. The van der Waals surface area contributed by atoms with E-state index in [2.05, 4.69) is 0 Å². The van der Waals surface area contributed by atoms with E-state index >= 15 is 0 Å². The van der Waals surface area contributed by atoms with Crippen LogP contribution in [0.1, 0.15) is 36.3 Å². The highest BCUT2D eigenvalue weighted by Gasteiger charge is 2.36. The molecule has 0 aliphatic heterocycles. The molecule has 1 aromatic carbocycles. The fourth-order valence-corrected chi connectivity index (χ4v) is 2.75. The van der Waals surface area contributed by atoms with Gasteiger partial charge in [0.25, 0.3) is 0 Å². The van der Waals surface area contributed by atoms with Crippen molar-refractivity contribution < 1.29 is 17.6 Å². The van der Waals surface area contributed by atoms with Crippen LogP contribution in [0.5, 0.6) is 0 Å². The molecule has 2 rings (SSSR count). The van der Waals surface area contributed by atoms with Gasteiger partial charge in [-0.2, -0.15) is 13.2 Å². The summed E-state index contributed by atoms with van der Waals surface area (Å²) in [6, 6.07) is 3.29. The Morgan fingerprint density at radius 2 is 1.94 bits per heavy atom. The third-order valence-electron chi connectivity index (χ3n) is 3.69. The zero-order valence-electron chi connectivity index (χ0n) is 9.80. The lowest BCUT2D eigenvalue weighted by Crippen LogP contribution is -2.18. The molecule has 2 atom stereocenters. The number of rotatable bonds is 2. The van der Waals surface area contributed by atoms with Gasteiger partial charge in [-0.3, -0.25) is 0 Å². The molecule has 0 heterocycles. The molecule has 100 valence electrons. The molecule has 0 spiro atoms. The van der Waals surface area contributed by atoms with Crippen LogP contribution in [0.4, 0.5) is 17.6 Å². The van der Waals surface area contributed by atoms with E-state index in [1.165, 1.54) is 6.07 Å². The quantitative estimate of drug-likeness (QED) is 0.807. The molecule has 2 N–H and O–H groups in total. The van der Waals surface area contributed by atoms with Crippen molar-refractivity contribution >= 4 is 0 Å². The topological polar surface area (TPSA) is 26.0 Å². The van der Waals surface area contributed by atoms with Gasteiger partial charge in [0, 0.05) is 0 Å². The number of alkyl halides is 3. The molecule has 2 unspecified atom stereocenters. The molecular formula is C13H15F4N. The third kappa shape index (κ3) is 2.51. The first kappa shape index (κ1) is 13.3. The molecule has 5 heteroatoms. The molecule has 0 bridgehead atoms. The largest absolute Gasteiger partial charge is 0.419 e. The van der Waals surface area contributed by atoms with Gasteiger partial charge in [-0.25, -0.2) is 4.39 Å². The van der Waals surface area contributed by atoms with Crippen LogP contribution in [0.25, 0.3) is 0 Å². The van der Waals surface area contributed by atoms with Crippen LogP contribution in [0.3, 0.4) is 0 Å². The van der Waals surface area contributed by atoms with Crippen molar-refractivity contribution in [3.05, 3.63) is 35.1 Å². The molecule has 1 aliphatic carbocycles. The van der Waals surface area contributed by atoms with Crippen LogP contribution in [0.2, 0.25) is 0 Å². The molecule has 0 saturated heterocycles. The second-order valence-electron chi connectivity index (χ2n) is 4.77. The number of nitrogens with two attached hydrogens (primary N) is 1. The maximum atomic E-state index is 13.2. The Morgan fingerprint density at radius 3 is 2.56 bits per heavy atom. The third-order valence-corrected chi connectivity index (χ3v) is 3.69. The molecule has 0 amide bonds. The van der Waals surface area contributed by atoms with Gasteiger partial charge in [0.05, 0.1) is 5.56 Å². The van der Waals surface area contributed by atoms with E-state index in [9.17, 15) is 17.6 Å². The van der Waals surface area contributed by atoms with E-state index in [0.717, 1.165) is 31.4 Å².